The van der Waals surface area contributed by atoms with Crippen LogP contribution in [0.3, 0.4) is 0 Å². The number of rotatable bonds is 5. The van der Waals surface area contributed by atoms with E-state index in [0.29, 0.717) is 0 Å². The van der Waals surface area contributed by atoms with Crippen LogP contribution in [0.5, 0.6) is 0 Å². The summed E-state index contributed by atoms with van der Waals surface area (Å²) in [6.45, 7) is 0. The van der Waals surface area contributed by atoms with Gasteiger partial charge in [-0.3, -0.25) is 0 Å². The van der Waals surface area contributed by atoms with E-state index >= 15 is 0 Å². The molecular formula is C44H29NO. The van der Waals surface area contributed by atoms with Gasteiger partial charge < -0.3 is 8.98 Å². The Morgan fingerprint density at radius 2 is 0.870 bits per heavy atom. The van der Waals surface area contributed by atoms with Gasteiger partial charge in [-0.15, -0.1) is 0 Å². The summed E-state index contributed by atoms with van der Waals surface area (Å²) < 4.78 is 8.27. The standard InChI is InChI=1S/C44H29NO/c1-4-10-30(11-5-1)33-16-19-38(20-17-33)45-42-22-18-34(29-41(42)39-21-23-43-40(44(39)45)24-25-46-43)37-27-35(31-12-6-2-7-13-31)26-36(28-37)32-14-8-3-9-15-32/h1-29H. The van der Waals surface area contributed by atoms with Gasteiger partial charge in [0.05, 0.1) is 17.3 Å². The average molecular weight is 588 g/mol. The molecule has 7 aromatic carbocycles. The quantitative estimate of drug-likeness (QED) is 0.196. The van der Waals surface area contributed by atoms with E-state index in [-0.39, 0.29) is 0 Å². The third-order valence-corrected chi connectivity index (χ3v) is 9.07. The van der Waals surface area contributed by atoms with Gasteiger partial charge in [-0.2, -0.15) is 0 Å². The maximum Gasteiger partial charge on any atom is 0.136 e. The highest BCUT2D eigenvalue weighted by atomic mass is 16.3. The molecule has 0 atom stereocenters. The van der Waals surface area contributed by atoms with Crippen molar-refractivity contribution in [2.24, 2.45) is 0 Å². The lowest BCUT2D eigenvalue weighted by Gasteiger charge is -2.12. The molecule has 0 saturated carbocycles. The largest absolute Gasteiger partial charge is 0.464 e. The van der Waals surface area contributed by atoms with Crippen molar-refractivity contribution < 1.29 is 4.42 Å². The van der Waals surface area contributed by atoms with Gasteiger partial charge >= 0.3 is 0 Å². The zero-order valence-corrected chi connectivity index (χ0v) is 25.1. The first-order chi connectivity index (χ1) is 22.8. The second kappa shape index (κ2) is 10.8. The van der Waals surface area contributed by atoms with Crippen molar-refractivity contribution in [3.8, 4) is 50.2 Å². The van der Waals surface area contributed by atoms with Crippen LogP contribution in [0, 0.1) is 0 Å². The molecule has 0 amide bonds. The second-order valence-electron chi connectivity index (χ2n) is 11.8. The molecule has 2 heterocycles. The number of benzene rings is 7. The van der Waals surface area contributed by atoms with Crippen LogP contribution < -0.4 is 0 Å². The molecule has 216 valence electrons. The van der Waals surface area contributed by atoms with Crippen molar-refractivity contribution in [1.82, 2.24) is 4.57 Å². The topological polar surface area (TPSA) is 18.1 Å². The van der Waals surface area contributed by atoms with Crippen LogP contribution in [0.1, 0.15) is 0 Å². The van der Waals surface area contributed by atoms with Gasteiger partial charge in [-0.25, -0.2) is 0 Å². The Hall–Kier alpha value is -6.12. The Bertz CT molecular complexity index is 2430. The molecule has 0 aliphatic heterocycles. The molecule has 0 radical (unpaired) electrons. The molecule has 0 saturated heterocycles. The van der Waals surface area contributed by atoms with Crippen LogP contribution in [-0.4, -0.2) is 4.57 Å². The van der Waals surface area contributed by atoms with Crippen molar-refractivity contribution >= 4 is 32.8 Å². The summed E-state index contributed by atoms with van der Waals surface area (Å²) >= 11 is 0. The van der Waals surface area contributed by atoms with Gasteiger partial charge in [0.15, 0.2) is 0 Å². The molecule has 0 aliphatic rings. The summed E-state index contributed by atoms with van der Waals surface area (Å²) in [5.41, 5.74) is 14.0. The van der Waals surface area contributed by atoms with Crippen molar-refractivity contribution in [1.29, 1.82) is 0 Å². The molecule has 0 N–H and O–H groups in total. The van der Waals surface area contributed by atoms with Crippen LogP contribution >= 0.6 is 0 Å². The van der Waals surface area contributed by atoms with E-state index < -0.39 is 0 Å². The first-order valence-corrected chi connectivity index (χ1v) is 15.7. The summed E-state index contributed by atoms with van der Waals surface area (Å²) in [5.74, 6) is 0. The lowest BCUT2D eigenvalue weighted by atomic mass is 9.93. The molecule has 0 fully saturated rings. The van der Waals surface area contributed by atoms with Crippen molar-refractivity contribution in [3.63, 3.8) is 0 Å². The van der Waals surface area contributed by atoms with Gasteiger partial charge in [0.25, 0.3) is 0 Å². The van der Waals surface area contributed by atoms with Crippen LogP contribution in [-0.2, 0) is 0 Å². The summed E-state index contributed by atoms with van der Waals surface area (Å²) in [4.78, 5) is 0. The molecule has 0 aliphatic carbocycles. The second-order valence-corrected chi connectivity index (χ2v) is 11.8. The molecule has 2 heteroatoms. The summed E-state index contributed by atoms with van der Waals surface area (Å²) in [5, 5.41) is 3.54. The maximum absolute atomic E-state index is 5.88. The molecule has 2 nitrogen and oxygen atoms in total. The third kappa shape index (κ3) is 4.43. The lowest BCUT2D eigenvalue weighted by Crippen LogP contribution is -1.94. The van der Waals surface area contributed by atoms with Crippen LogP contribution in [0.25, 0.3) is 83.0 Å². The zero-order valence-electron chi connectivity index (χ0n) is 25.1. The molecule has 46 heavy (non-hydrogen) atoms. The van der Waals surface area contributed by atoms with E-state index in [4.69, 9.17) is 4.42 Å². The minimum atomic E-state index is 0.890. The number of fused-ring (bicyclic) bond motifs is 5. The summed E-state index contributed by atoms with van der Waals surface area (Å²) in [6.07, 6.45) is 1.79. The van der Waals surface area contributed by atoms with E-state index in [9.17, 15) is 0 Å². The third-order valence-electron chi connectivity index (χ3n) is 9.07. The fourth-order valence-corrected chi connectivity index (χ4v) is 6.82. The monoisotopic (exact) mass is 587 g/mol. The summed E-state index contributed by atoms with van der Waals surface area (Å²) in [6, 6.07) is 60.9. The van der Waals surface area contributed by atoms with E-state index in [2.05, 4.69) is 174 Å². The van der Waals surface area contributed by atoms with Gasteiger partial charge in [-0.05, 0) is 105 Å². The highest BCUT2D eigenvalue weighted by Gasteiger charge is 2.18. The van der Waals surface area contributed by atoms with Gasteiger partial charge in [0.1, 0.15) is 5.58 Å². The first kappa shape index (κ1) is 26.3. The van der Waals surface area contributed by atoms with Crippen LogP contribution in [0.4, 0.5) is 0 Å². The Balaban J connectivity index is 1.26. The Morgan fingerprint density at radius 1 is 0.348 bits per heavy atom. The molecule has 0 spiro atoms. The van der Waals surface area contributed by atoms with Crippen LogP contribution in [0.15, 0.2) is 181 Å². The average Bonchev–Trinajstić information content (AvgIpc) is 3.75. The van der Waals surface area contributed by atoms with Crippen LogP contribution in [0.2, 0.25) is 0 Å². The molecule has 0 unspecified atom stereocenters. The predicted octanol–water partition coefficient (Wildman–Crippen LogP) is 12.2. The van der Waals surface area contributed by atoms with Crippen molar-refractivity contribution in [2.45, 2.75) is 0 Å². The smallest absolute Gasteiger partial charge is 0.136 e. The van der Waals surface area contributed by atoms with E-state index in [0.717, 1.165) is 22.2 Å². The van der Waals surface area contributed by atoms with E-state index in [1.165, 1.54) is 60.8 Å². The zero-order chi connectivity index (χ0) is 30.5. The number of hydrogen-bond donors (Lipinski definition) is 0. The van der Waals surface area contributed by atoms with Gasteiger partial charge in [-0.1, -0.05) is 109 Å². The minimum Gasteiger partial charge on any atom is -0.464 e. The highest BCUT2D eigenvalue weighted by Crippen LogP contribution is 2.40. The first-order valence-electron chi connectivity index (χ1n) is 15.7. The lowest BCUT2D eigenvalue weighted by molar-refractivity contribution is 0.616. The minimum absolute atomic E-state index is 0.890. The number of nitrogens with zero attached hydrogens (tertiary/aromatic N) is 1. The van der Waals surface area contributed by atoms with E-state index in [1.807, 2.05) is 0 Å². The molecule has 0 bridgehead atoms. The fourth-order valence-electron chi connectivity index (χ4n) is 6.82. The summed E-state index contributed by atoms with van der Waals surface area (Å²) in [7, 11) is 0. The predicted molar refractivity (Wildman–Crippen MR) is 192 cm³/mol. The number of hydrogen-bond acceptors (Lipinski definition) is 1. The Morgan fingerprint density at radius 3 is 1.48 bits per heavy atom. The number of furan rings is 1. The highest BCUT2D eigenvalue weighted by molar-refractivity contribution is 6.18. The van der Waals surface area contributed by atoms with E-state index in [1.54, 1.807) is 6.26 Å². The Labute approximate surface area is 267 Å². The molecule has 9 aromatic rings. The molecular weight excluding hydrogens is 558 g/mol. The Kier molecular flexibility index (Phi) is 6.17. The molecule has 9 rings (SSSR count). The SMILES string of the molecule is c1ccc(-c2ccc(-n3c4ccc(-c5cc(-c6ccccc6)cc(-c6ccccc6)c5)cc4c4ccc5occc5c43)cc2)cc1. The fraction of sp³-hybridized carbons (Fsp3) is 0. The van der Waals surface area contributed by atoms with Gasteiger partial charge in [0.2, 0.25) is 0 Å². The van der Waals surface area contributed by atoms with Crippen molar-refractivity contribution in [2.75, 3.05) is 0 Å². The molecule has 2 aromatic heterocycles. The maximum atomic E-state index is 5.88. The van der Waals surface area contributed by atoms with Crippen molar-refractivity contribution in [3.05, 3.63) is 176 Å². The normalized spacial score (nSPS) is 11.5. The number of aromatic nitrogens is 1. The van der Waals surface area contributed by atoms with Gasteiger partial charge in [0, 0.05) is 21.8 Å².